The number of ether oxygens (including phenoxy) is 1. The summed E-state index contributed by atoms with van der Waals surface area (Å²) in [6.45, 7) is 0.816. The lowest BCUT2D eigenvalue weighted by Gasteiger charge is -2.28. The zero-order valence-electron chi connectivity index (χ0n) is 18.0. The Morgan fingerprint density at radius 1 is 1.35 bits per heavy atom. The number of carboxylic acid groups (broad SMARTS) is 1. The number of benzene rings is 1. The molecule has 0 radical (unpaired) electrons. The molecule has 1 saturated heterocycles. The Labute approximate surface area is 191 Å². The Morgan fingerprint density at radius 3 is 2.59 bits per heavy atom. The monoisotopic (exact) mass is 503 g/mol. The summed E-state index contributed by atoms with van der Waals surface area (Å²) in [6.07, 6.45) is -3.22. The van der Waals surface area contributed by atoms with Gasteiger partial charge in [0.05, 0.1) is 0 Å². The van der Waals surface area contributed by atoms with Gasteiger partial charge in [-0.15, -0.1) is 0 Å². The lowest BCUT2D eigenvalue weighted by atomic mass is 9.95. The quantitative estimate of drug-likeness (QED) is 0.292. The van der Waals surface area contributed by atoms with E-state index in [0.29, 0.717) is 4.57 Å². The van der Waals surface area contributed by atoms with Crippen molar-refractivity contribution < 1.29 is 42.9 Å². The number of rotatable bonds is 9. The molecule has 1 fully saturated rings. The first-order valence-electron chi connectivity index (χ1n) is 9.86. The molecule has 1 aromatic heterocycles. The van der Waals surface area contributed by atoms with Gasteiger partial charge in [-0.25, -0.2) is 13.8 Å². The molecule has 0 amide bonds. The molecule has 1 aliphatic rings. The fourth-order valence-electron chi connectivity index (χ4n) is 3.18. The van der Waals surface area contributed by atoms with Crippen molar-refractivity contribution in [3.63, 3.8) is 0 Å². The van der Waals surface area contributed by atoms with Crippen molar-refractivity contribution in [1.82, 2.24) is 14.6 Å². The molecule has 3 rings (SSSR count). The maximum Gasteiger partial charge on any atom is 0.459 e. The van der Waals surface area contributed by atoms with E-state index in [4.69, 9.17) is 18.9 Å². The summed E-state index contributed by atoms with van der Waals surface area (Å²) in [5.41, 5.74) is -4.22. The van der Waals surface area contributed by atoms with Gasteiger partial charge >= 0.3 is 19.4 Å². The van der Waals surface area contributed by atoms with E-state index in [2.05, 4.69) is 5.09 Å². The molecule has 2 heterocycles. The molecular formula is C19H23FN3O10P. The zero-order chi connectivity index (χ0) is 25.3. The second-order valence-electron chi connectivity index (χ2n) is 7.77. The number of carboxylic acids is 1. The molecule has 0 spiro atoms. The molecule has 1 aromatic carbocycles. The summed E-state index contributed by atoms with van der Waals surface area (Å²) in [6, 6.07) is 6.94. The van der Waals surface area contributed by atoms with Gasteiger partial charge < -0.3 is 24.6 Å². The van der Waals surface area contributed by atoms with Crippen LogP contribution in [0.2, 0.25) is 0 Å². The van der Waals surface area contributed by atoms with Gasteiger partial charge in [-0.2, -0.15) is 5.09 Å². The van der Waals surface area contributed by atoms with Gasteiger partial charge in [0.15, 0.2) is 6.23 Å². The van der Waals surface area contributed by atoms with Crippen LogP contribution in [0.4, 0.5) is 4.39 Å². The predicted molar refractivity (Wildman–Crippen MR) is 113 cm³/mol. The van der Waals surface area contributed by atoms with Gasteiger partial charge in [0.1, 0.15) is 30.1 Å². The number of halogens is 1. The van der Waals surface area contributed by atoms with E-state index in [1.807, 2.05) is 4.98 Å². The minimum absolute atomic E-state index is 0.00128. The first kappa shape index (κ1) is 25.7. The van der Waals surface area contributed by atoms with Crippen molar-refractivity contribution in [2.45, 2.75) is 43.7 Å². The number of nitrogens with zero attached hydrogens (tertiary/aromatic N) is 1. The van der Waals surface area contributed by atoms with Crippen molar-refractivity contribution in [2.24, 2.45) is 0 Å². The third kappa shape index (κ3) is 5.27. The van der Waals surface area contributed by atoms with Crippen molar-refractivity contribution in [3.05, 3.63) is 63.4 Å². The summed E-state index contributed by atoms with van der Waals surface area (Å²) >= 11 is 0. The molecule has 6 atom stereocenters. The molecule has 1 aliphatic heterocycles. The number of alkyl halides is 1. The van der Waals surface area contributed by atoms with E-state index in [9.17, 15) is 29.2 Å². The summed E-state index contributed by atoms with van der Waals surface area (Å²) in [5.74, 6) is -4.64. The number of hydrogen-bond acceptors (Lipinski definition) is 9. The van der Waals surface area contributed by atoms with Crippen LogP contribution in [0.1, 0.15) is 20.1 Å². The number of aliphatic hydroxyl groups is 2. The normalized spacial score (nSPS) is 29.3. The second-order valence-corrected chi connectivity index (χ2v) is 9.46. The third-order valence-corrected chi connectivity index (χ3v) is 6.62. The summed E-state index contributed by atoms with van der Waals surface area (Å²) in [7, 11) is -4.58. The second kappa shape index (κ2) is 9.41. The number of aliphatic hydroxyl groups excluding tert-OH is 1. The fourth-order valence-corrected chi connectivity index (χ4v) is 4.69. The molecule has 0 saturated carbocycles. The highest BCUT2D eigenvalue weighted by molar-refractivity contribution is 7.52. The minimum Gasteiger partial charge on any atom is -0.480 e. The van der Waals surface area contributed by atoms with Crippen molar-refractivity contribution in [2.75, 3.05) is 6.61 Å². The first-order valence-corrected chi connectivity index (χ1v) is 11.4. The average molecular weight is 503 g/mol. The van der Waals surface area contributed by atoms with Gasteiger partial charge in [-0.05, 0) is 26.0 Å². The molecular weight excluding hydrogens is 480 g/mol. The maximum atomic E-state index is 15.6. The number of aromatic amines is 1. The van der Waals surface area contributed by atoms with Crippen LogP contribution in [0.3, 0.4) is 0 Å². The standard InChI is InChI=1S/C19H23FN3O10P/c1-11(14(25)26)22-34(30,33-12-6-4-3-5-7-12)31-10-19(20)15(27)18(2,29)16(32-19)23-9-8-13(24)21-17(23)28/h3-9,11,15-16,27,29H,10H2,1-2H3,(H,22,30)(H,25,26)(H,21,24,28)/t11?,15-,16+,18+,19+,34+/m0/s1. The lowest BCUT2D eigenvalue weighted by molar-refractivity contribution is -0.204. The van der Waals surface area contributed by atoms with Crippen LogP contribution < -0.4 is 20.9 Å². The number of H-pyrrole nitrogens is 1. The first-order chi connectivity index (χ1) is 15.8. The Morgan fingerprint density at radius 2 is 2.00 bits per heavy atom. The van der Waals surface area contributed by atoms with Gasteiger partial charge in [0, 0.05) is 12.3 Å². The Balaban J connectivity index is 1.87. The van der Waals surface area contributed by atoms with Crippen molar-refractivity contribution in [3.8, 4) is 5.75 Å². The smallest absolute Gasteiger partial charge is 0.459 e. The summed E-state index contributed by atoms with van der Waals surface area (Å²) in [5, 5.41) is 32.4. The molecule has 15 heteroatoms. The Hall–Kier alpha value is -2.87. The van der Waals surface area contributed by atoms with Crippen LogP contribution in [-0.2, 0) is 18.6 Å². The van der Waals surface area contributed by atoms with E-state index in [1.54, 1.807) is 6.07 Å². The van der Waals surface area contributed by atoms with Crippen LogP contribution in [0.25, 0.3) is 0 Å². The van der Waals surface area contributed by atoms with E-state index < -0.39 is 61.4 Å². The van der Waals surface area contributed by atoms with Gasteiger partial charge in [0.2, 0.25) is 0 Å². The van der Waals surface area contributed by atoms with E-state index in [-0.39, 0.29) is 5.75 Å². The molecule has 13 nitrogen and oxygen atoms in total. The molecule has 0 bridgehead atoms. The predicted octanol–water partition coefficient (Wildman–Crippen LogP) is 0.110. The number of carbonyl (C=O) groups is 1. The summed E-state index contributed by atoms with van der Waals surface area (Å²) in [4.78, 5) is 36.5. The van der Waals surface area contributed by atoms with Crippen LogP contribution in [0, 0.1) is 0 Å². The maximum absolute atomic E-state index is 15.6. The highest BCUT2D eigenvalue weighted by Crippen LogP contribution is 2.50. The third-order valence-electron chi connectivity index (χ3n) is 5.00. The molecule has 0 aliphatic carbocycles. The fraction of sp³-hybridized carbons (Fsp3) is 0.421. The zero-order valence-corrected chi connectivity index (χ0v) is 18.8. The Kier molecular flexibility index (Phi) is 7.12. The number of aliphatic carboxylic acids is 1. The van der Waals surface area contributed by atoms with Gasteiger partial charge in [0.25, 0.3) is 11.4 Å². The van der Waals surface area contributed by atoms with Gasteiger partial charge in [-0.3, -0.25) is 23.7 Å². The SMILES string of the molecule is CC(N[P@@](=O)(OC[C@@]1(F)O[C@@H](n2ccc(=O)[nH]c2=O)[C@](C)(O)[C@@H]1O)Oc1ccccc1)C(=O)O. The van der Waals surface area contributed by atoms with Gasteiger partial charge in [-0.1, -0.05) is 18.2 Å². The number of para-hydroxylation sites is 1. The number of nitrogens with one attached hydrogen (secondary N) is 2. The highest BCUT2D eigenvalue weighted by atomic mass is 31.2. The number of aromatic nitrogens is 2. The Bertz CT molecular complexity index is 1200. The van der Waals surface area contributed by atoms with Crippen molar-refractivity contribution >= 4 is 13.7 Å². The summed E-state index contributed by atoms with van der Waals surface area (Å²) < 4.78 is 45.0. The lowest BCUT2D eigenvalue weighted by Crippen LogP contribution is -2.50. The van der Waals surface area contributed by atoms with E-state index in [0.717, 1.165) is 26.1 Å². The van der Waals surface area contributed by atoms with E-state index in [1.165, 1.54) is 24.3 Å². The molecule has 34 heavy (non-hydrogen) atoms. The molecule has 186 valence electrons. The number of hydrogen-bond donors (Lipinski definition) is 5. The van der Waals surface area contributed by atoms with Crippen LogP contribution in [0.5, 0.6) is 5.75 Å². The van der Waals surface area contributed by atoms with Crippen LogP contribution >= 0.6 is 7.75 Å². The molecule has 5 N–H and O–H groups in total. The minimum atomic E-state index is -4.58. The topological polar surface area (TPSA) is 189 Å². The van der Waals surface area contributed by atoms with Crippen molar-refractivity contribution in [1.29, 1.82) is 0 Å². The average Bonchev–Trinajstić information content (AvgIpc) is 2.93. The van der Waals surface area contributed by atoms with Crippen LogP contribution in [0.15, 0.2) is 52.2 Å². The van der Waals surface area contributed by atoms with Crippen LogP contribution in [-0.4, -0.2) is 61.0 Å². The van der Waals surface area contributed by atoms with E-state index >= 15 is 4.39 Å². The molecule has 2 aromatic rings. The molecule has 1 unspecified atom stereocenters. The highest BCUT2D eigenvalue weighted by Gasteiger charge is 2.63. The largest absolute Gasteiger partial charge is 0.480 e.